The van der Waals surface area contributed by atoms with Gasteiger partial charge in [0, 0.05) is 16.7 Å². The van der Waals surface area contributed by atoms with E-state index in [1.165, 1.54) is 6.33 Å². The van der Waals surface area contributed by atoms with Gasteiger partial charge in [0.25, 0.3) is 0 Å². The number of halogens is 4. The van der Waals surface area contributed by atoms with E-state index >= 15 is 0 Å². The summed E-state index contributed by atoms with van der Waals surface area (Å²) in [7, 11) is 0. The second kappa shape index (κ2) is 6.20. The van der Waals surface area contributed by atoms with E-state index in [2.05, 4.69) is 25.4 Å². The number of hydrogen-bond donors (Lipinski definition) is 2. The Morgan fingerprint density at radius 1 is 1.19 bits per heavy atom. The zero-order valence-electron chi connectivity index (χ0n) is 13.4. The van der Waals surface area contributed by atoms with E-state index in [1.54, 1.807) is 24.3 Å². The van der Waals surface area contributed by atoms with Gasteiger partial charge in [-0.05, 0) is 12.1 Å². The highest BCUT2D eigenvalue weighted by molar-refractivity contribution is 6.30. The molecule has 0 aliphatic carbocycles. The van der Waals surface area contributed by atoms with Gasteiger partial charge in [-0.15, -0.1) is 4.68 Å². The molecule has 12 heteroatoms. The van der Waals surface area contributed by atoms with E-state index in [1.807, 2.05) is 0 Å². The van der Waals surface area contributed by atoms with Crippen molar-refractivity contribution in [2.75, 3.05) is 0 Å². The van der Waals surface area contributed by atoms with Crippen LogP contribution in [0.4, 0.5) is 13.2 Å². The van der Waals surface area contributed by atoms with Gasteiger partial charge in [-0.3, -0.25) is 0 Å². The molecule has 1 aliphatic rings. The van der Waals surface area contributed by atoms with Crippen molar-refractivity contribution < 1.29 is 17.9 Å². The van der Waals surface area contributed by atoms with Crippen molar-refractivity contribution in [1.29, 1.82) is 0 Å². The van der Waals surface area contributed by atoms with Crippen molar-refractivity contribution in [1.82, 2.24) is 19.9 Å². The van der Waals surface area contributed by atoms with Crippen molar-refractivity contribution in [3.8, 4) is 11.3 Å². The molecule has 1 aromatic carbocycles. The molecule has 0 saturated carbocycles. The summed E-state index contributed by atoms with van der Waals surface area (Å²) in [6.45, 7) is 0. The Morgan fingerprint density at radius 3 is 2.63 bits per heavy atom. The van der Waals surface area contributed by atoms with Gasteiger partial charge in [-0.25, -0.2) is 10.1 Å². The quantitative estimate of drug-likeness (QED) is 0.614. The van der Waals surface area contributed by atoms with Gasteiger partial charge in [-0.2, -0.15) is 13.2 Å². The number of H-pyrrole nitrogens is 1. The SMILES string of the molecule is NC1=NN=C([n+]2[nH]c(-c3ccc(Cl)cc3)cc2C(F)(F)F)n2ncnc2C1. The molecule has 0 bridgehead atoms. The van der Waals surface area contributed by atoms with E-state index in [4.69, 9.17) is 17.3 Å². The normalized spacial score (nSPS) is 14.4. The molecule has 0 saturated heterocycles. The lowest BCUT2D eigenvalue weighted by atomic mass is 10.1. The molecule has 0 spiro atoms. The van der Waals surface area contributed by atoms with Crippen LogP contribution < -0.4 is 10.4 Å². The predicted octanol–water partition coefficient (Wildman–Crippen LogP) is 1.81. The van der Waals surface area contributed by atoms with Crippen LogP contribution in [0.25, 0.3) is 11.3 Å². The summed E-state index contributed by atoms with van der Waals surface area (Å²) in [5, 5.41) is 14.7. The van der Waals surface area contributed by atoms with Crippen LogP contribution in [0.2, 0.25) is 5.02 Å². The standard InChI is InChI=1S/C15H10ClF3N8/c16-9-3-1-8(2-4-9)10-5-11(15(17,18)19)26(25-10)14-24-23-12(20)6-13-21-7-22-27(13)14/h1-5,7H,6H2,(H2,20,23)/p+1. The molecule has 8 nitrogen and oxygen atoms in total. The van der Waals surface area contributed by atoms with E-state index in [0.29, 0.717) is 16.4 Å². The van der Waals surface area contributed by atoms with Crippen molar-refractivity contribution in [3.05, 3.63) is 53.2 Å². The van der Waals surface area contributed by atoms with Gasteiger partial charge in [-0.1, -0.05) is 38.6 Å². The maximum atomic E-state index is 13.7. The topological polar surface area (TPSA) is 101 Å². The highest BCUT2D eigenvalue weighted by atomic mass is 35.5. The first-order chi connectivity index (χ1) is 12.8. The highest BCUT2D eigenvalue weighted by Gasteiger charge is 2.42. The van der Waals surface area contributed by atoms with Gasteiger partial charge in [0.15, 0.2) is 6.33 Å². The van der Waals surface area contributed by atoms with Crippen LogP contribution in [0, 0.1) is 0 Å². The van der Waals surface area contributed by atoms with E-state index in [0.717, 1.165) is 15.4 Å². The summed E-state index contributed by atoms with van der Waals surface area (Å²) in [4.78, 5) is 4.00. The summed E-state index contributed by atoms with van der Waals surface area (Å²) in [6, 6.07) is 7.34. The Labute approximate surface area is 154 Å². The second-order valence-corrected chi connectivity index (χ2v) is 6.09. The second-order valence-electron chi connectivity index (χ2n) is 5.65. The first-order valence-corrected chi connectivity index (χ1v) is 7.98. The maximum Gasteiger partial charge on any atom is 0.469 e. The average Bonchev–Trinajstić information content (AvgIpc) is 3.21. The minimum absolute atomic E-state index is 0.109. The molecule has 4 rings (SSSR count). The number of alkyl halides is 3. The monoisotopic (exact) mass is 395 g/mol. The van der Waals surface area contributed by atoms with Crippen LogP contribution in [0.1, 0.15) is 11.5 Å². The summed E-state index contributed by atoms with van der Waals surface area (Å²) < 4.78 is 42.9. The molecule has 0 radical (unpaired) electrons. The lowest BCUT2D eigenvalue weighted by Crippen LogP contribution is -2.54. The van der Waals surface area contributed by atoms with E-state index in [9.17, 15) is 13.2 Å². The predicted molar refractivity (Wildman–Crippen MR) is 90.0 cm³/mol. The lowest BCUT2D eigenvalue weighted by molar-refractivity contribution is -0.642. The Hall–Kier alpha value is -3.21. The molecule has 0 fully saturated rings. The number of aromatic amines is 1. The lowest BCUT2D eigenvalue weighted by Gasteiger charge is -2.05. The summed E-state index contributed by atoms with van der Waals surface area (Å²) in [5.41, 5.74) is 5.43. The summed E-state index contributed by atoms with van der Waals surface area (Å²) >= 11 is 5.85. The number of nitrogens with two attached hydrogens (primary N) is 1. The molecule has 0 amide bonds. The first kappa shape index (κ1) is 17.2. The fourth-order valence-electron chi connectivity index (χ4n) is 2.60. The molecule has 0 unspecified atom stereocenters. The van der Waals surface area contributed by atoms with Crippen LogP contribution in [0.3, 0.4) is 0 Å². The van der Waals surface area contributed by atoms with Gasteiger partial charge < -0.3 is 5.73 Å². The fourth-order valence-corrected chi connectivity index (χ4v) is 2.73. The third-order valence-electron chi connectivity index (χ3n) is 3.81. The van der Waals surface area contributed by atoms with Crippen LogP contribution in [0.15, 0.2) is 46.9 Å². The number of rotatable bonds is 1. The number of benzene rings is 1. The van der Waals surface area contributed by atoms with Gasteiger partial charge >= 0.3 is 12.1 Å². The van der Waals surface area contributed by atoms with Crippen LogP contribution >= 0.6 is 11.6 Å². The van der Waals surface area contributed by atoms with E-state index in [-0.39, 0.29) is 23.9 Å². The van der Waals surface area contributed by atoms with Crippen LogP contribution in [0.5, 0.6) is 0 Å². The number of fused-ring (bicyclic) bond motifs is 1. The Balaban J connectivity index is 1.91. The molecular formula is C15H11ClF3N8+. The largest absolute Gasteiger partial charge is 0.469 e. The third-order valence-corrected chi connectivity index (χ3v) is 4.07. The number of amidine groups is 1. The summed E-state index contributed by atoms with van der Waals surface area (Å²) in [6.07, 6.45) is -3.34. The maximum absolute atomic E-state index is 13.7. The first-order valence-electron chi connectivity index (χ1n) is 7.61. The van der Waals surface area contributed by atoms with Gasteiger partial charge in [0.1, 0.15) is 5.84 Å². The average molecular weight is 396 g/mol. The summed E-state index contributed by atoms with van der Waals surface area (Å²) in [5.74, 6) is 0.198. The molecule has 3 aromatic rings. The number of nitrogens with one attached hydrogen (secondary N) is 1. The molecule has 1 aliphatic heterocycles. The minimum Gasteiger partial charge on any atom is -0.384 e. The molecule has 138 valence electrons. The Kier molecular flexibility index (Phi) is 3.95. The molecule has 27 heavy (non-hydrogen) atoms. The zero-order chi connectivity index (χ0) is 19.2. The van der Waals surface area contributed by atoms with Crippen molar-refractivity contribution in [2.45, 2.75) is 12.6 Å². The fraction of sp³-hybridized carbons (Fsp3) is 0.133. The van der Waals surface area contributed by atoms with Crippen molar-refractivity contribution >= 4 is 23.4 Å². The zero-order valence-corrected chi connectivity index (χ0v) is 14.2. The highest BCUT2D eigenvalue weighted by Crippen LogP contribution is 2.30. The number of nitrogens with zero attached hydrogens (tertiary/aromatic N) is 6. The smallest absolute Gasteiger partial charge is 0.384 e. The number of aromatic nitrogens is 5. The van der Waals surface area contributed by atoms with Crippen molar-refractivity contribution in [2.24, 2.45) is 15.9 Å². The Morgan fingerprint density at radius 2 is 1.93 bits per heavy atom. The van der Waals surface area contributed by atoms with Gasteiger partial charge in [0.2, 0.25) is 11.5 Å². The molecule has 2 aromatic heterocycles. The van der Waals surface area contributed by atoms with Gasteiger partial charge in [0.05, 0.1) is 17.2 Å². The van der Waals surface area contributed by atoms with Crippen molar-refractivity contribution in [3.63, 3.8) is 0 Å². The molecule has 3 heterocycles. The molecule has 0 atom stereocenters. The van der Waals surface area contributed by atoms with Crippen LogP contribution in [-0.4, -0.2) is 31.7 Å². The Bertz CT molecular complexity index is 1060. The number of hydrogen-bond acceptors (Lipinski definition) is 5. The van der Waals surface area contributed by atoms with E-state index < -0.39 is 11.9 Å². The van der Waals surface area contributed by atoms with Crippen LogP contribution in [-0.2, 0) is 12.6 Å². The molecule has 3 N–H and O–H groups in total. The third kappa shape index (κ3) is 3.16. The minimum atomic E-state index is -4.66. The molecular weight excluding hydrogens is 385 g/mol.